The molecule has 1 aromatic carbocycles. The molecule has 0 aliphatic heterocycles. The van der Waals surface area contributed by atoms with Crippen molar-refractivity contribution in [3.05, 3.63) is 59.5 Å². The van der Waals surface area contributed by atoms with Crippen molar-refractivity contribution in [3.63, 3.8) is 0 Å². The molecule has 4 aromatic rings. The highest BCUT2D eigenvalue weighted by atomic mass is 16.5. The minimum absolute atomic E-state index is 0.00942. The zero-order chi connectivity index (χ0) is 25.6. The SMILES string of the molecule is Cc1cc(C(=O)Nc2cc(Oc3ccc4nc(NC(=O)C5CC5)cn4n3)ccc2C)n(C(C)(C)C)n1. The van der Waals surface area contributed by atoms with Gasteiger partial charge in [-0.1, -0.05) is 6.07 Å². The Morgan fingerprint density at radius 3 is 2.53 bits per heavy atom. The molecule has 1 aliphatic carbocycles. The molecule has 2 N–H and O–H groups in total. The van der Waals surface area contributed by atoms with Crippen LogP contribution in [0.2, 0.25) is 0 Å². The summed E-state index contributed by atoms with van der Waals surface area (Å²) in [6, 6.07) is 10.7. The summed E-state index contributed by atoms with van der Waals surface area (Å²) in [7, 11) is 0. The van der Waals surface area contributed by atoms with Crippen molar-refractivity contribution in [2.45, 2.75) is 53.0 Å². The number of carbonyl (C=O) groups excluding carboxylic acids is 2. The van der Waals surface area contributed by atoms with Crippen LogP contribution in [0.25, 0.3) is 5.65 Å². The summed E-state index contributed by atoms with van der Waals surface area (Å²) in [6.07, 6.45) is 3.51. The molecular weight excluding hydrogens is 458 g/mol. The molecule has 2 amide bonds. The average molecular weight is 488 g/mol. The van der Waals surface area contributed by atoms with Crippen LogP contribution in [0, 0.1) is 19.8 Å². The fourth-order valence-electron chi connectivity index (χ4n) is 3.83. The first-order chi connectivity index (χ1) is 17.1. The molecule has 10 heteroatoms. The van der Waals surface area contributed by atoms with Crippen molar-refractivity contribution >= 4 is 29.0 Å². The maximum Gasteiger partial charge on any atom is 0.273 e. The number of amides is 2. The third kappa shape index (κ3) is 4.93. The predicted octanol–water partition coefficient (Wildman–Crippen LogP) is 4.69. The average Bonchev–Trinajstić information content (AvgIpc) is 3.47. The Kier molecular flexibility index (Phi) is 5.74. The van der Waals surface area contributed by atoms with Gasteiger partial charge in [-0.25, -0.2) is 9.50 Å². The lowest BCUT2D eigenvalue weighted by Crippen LogP contribution is -2.29. The molecule has 5 rings (SSSR count). The predicted molar refractivity (Wildman–Crippen MR) is 136 cm³/mol. The first-order valence-corrected chi connectivity index (χ1v) is 11.9. The van der Waals surface area contributed by atoms with E-state index in [-0.39, 0.29) is 23.3 Å². The molecule has 0 bridgehead atoms. The highest BCUT2D eigenvalue weighted by molar-refractivity contribution is 6.03. The Morgan fingerprint density at radius 2 is 1.81 bits per heavy atom. The number of hydrogen-bond donors (Lipinski definition) is 2. The van der Waals surface area contributed by atoms with E-state index < -0.39 is 0 Å². The van der Waals surface area contributed by atoms with Crippen molar-refractivity contribution < 1.29 is 14.3 Å². The quantitative estimate of drug-likeness (QED) is 0.408. The summed E-state index contributed by atoms with van der Waals surface area (Å²) in [5.41, 5.74) is 3.05. The zero-order valence-electron chi connectivity index (χ0n) is 21.0. The third-order valence-electron chi connectivity index (χ3n) is 5.87. The van der Waals surface area contributed by atoms with Gasteiger partial charge in [0.2, 0.25) is 11.8 Å². The van der Waals surface area contributed by atoms with Crippen LogP contribution < -0.4 is 15.4 Å². The van der Waals surface area contributed by atoms with E-state index in [4.69, 9.17) is 4.74 Å². The summed E-state index contributed by atoms with van der Waals surface area (Å²) in [4.78, 5) is 29.5. The number of ether oxygens (including phenoxy) is 1. The maximum absolute atomic E-state index is 13.1. The second kappa shape index (κ2) is 8.78. The van der Waals surface area contributed by atoms with Crippen LogP contribution in [0.5, 0.6) is 11.6 Å². The molecule has 1 saturated carbocycles. The van der Waals surface area contributed by atoms with Crippen LogP contribution in [-0.4, -0.2) is 36.2 Å². The second-order valence-corrected chi connectivity index (χ2v) is 10.2. The molecule has 0 radical (unpaired) electrons. The van der Waals surface area contributed by atoms with Crippen molar-refractivity contribution in [2.75, 3.05) is 10.6 Å². The number of nitrogens with one attached hydrogen (secondary N) is 2. The number of nitrogens with zero attached hydrogens (tertiary/aromatic N) is 5. The fraction of sp³-hybridized carbons (Fsp3) is 0.346. The van der Waals surface area contributed by atoms with Crippen molar-refractivity contribution in [2.24, 2.45) is 5.92 Å². The summed E-state index contributed by atoms with van der Waals surface area (Å²) in [5, 5.41) is 14.7. The van der Waals surface area contributed by atoms with Crippen molar-refractivity contribution in [1.82, 2.24) is 24.4 Å². The molecule has 10 nitrogen and oxygen atoms in total. The first kappa shape index (κ1) is 23.5. The van der Waals surface area contributed by atoms with Gasteiger partial charge in [0.05, 0.1) is 17.4 Å². The van der Waals surface area contributed by atoms with Crippen molar-refractivity contribution in [1.29, 1.82) is 0 Å². The van der Waals surface area contributed by atoms with E-state index >= 15 is 0 Å². The minimum atomic E-state index is -0.334. The largest absolute Gasteiger partial charge is 0.438 e. The van der Waals surface area contributed by atoms with Gasteiger partial charge in [0.25, 0.3) is 5.91 Å². The highest BCUT2D eigenvalue weighted by Crippen LogP contribution is 2.30. The molecule has 0 unspecified atom stereocenters. The number of rotatable bonds is 6. The van der Waals surface area contributed by atoms with Crippen LogP contribution in [0.3, 0.4) is 0 Å². The Bertz CT molecular complexity index is 1470. The molecule has 3 aromatic heterocycles. The third-order valence-corrected chi connectivity index (χ3v) is 5.87. The van der Waals surface area contributed by atoms with Gasteiger partial charge >= 0.3 is 0 Å². The highest BCUT2D eigenvalue weighted by Gasteiger charge is 2.30. The van der Waals surface area contributed by atoms with Gasteiger partial charge in [0.15, 0.2) is 11.5 Å². The molecule has 36 heavy (non-hydrogen) atoms. The summed E-state index contributed by atoms with van der Waals surface area (Å²) in [5.74, 6) is 1.17. The van der Waals surface area contributed by atoms with Crippen LogP contribution in [0.4, 0.5) is 11.5 Å². The minimum Gasteiger partial charge on any atom is -0.438 e. The monoisotopic (exact) mass is 487 g/mol. The van der Waals surface area contributed by atoms with Gasteiger partial charge in [-0.05, 0) is 71.2 Å². The number of anilines is 2. The lowest BCUT2D eigenvalue weighted by Gasteiger charge is -2.22. The summed E-state index contributed by atoms with van der Waals surface area (Å²) >= 11 is 0. The van der Waals surface area contributed by atoms with E-state index in [2.05, 4.69) is 25.8 Å². The van der Waals surface area contributed by atoms with Gasteiger partial charge in [-0.15, -0.1) is 5.10 Å². The molecule has 3 heterocycles. The lowest BCUT2D eigenvalue weighted by molar-refractivity contribution is -0.117. The lowest BCUT2D eigenvalue weighted by atomic mass is 10.1. The second-order valence-electron chi connectivity index (χ2n) is 10.2. The number of aromatic nitrogens is 5. The zero-order valence-corrected chi connectivity index (χ0v) is 21.0. The van der Waals surface area contributed by atoms with E-state index in [1.807, 2.05) is 46.8 Å². The van der Waals surface area contributed by atoms with E-state index in [9.17, 15) is 9.59 Å². The Hall–Kier alpha value is -4.21. The smallest absolute Gasteiger partial charge is 0.273 e. The molecule has 1 aliphatic rings. The number of fused-ring (bicyclic) bond motifs is 1. The van der Waals surface area contributed by atoms with Crippen LogP contribution in [0.15, 0.2) is 42.6 Å². The first-order valence-electron chi connectivity index (χ1n) is 11.9. The number of aryl methyl sites for hydroxylation is 2. The Balaban J connectivity index is 1.33. The van der Waals surface area contributed by atoms with Gasteiger partial charge in [0, 0.05) is 23.7 Å². The molecule has 1 fully saturated rings. The van der Waals surface area contributed by atoms with Crippen molar-refractivity contribution in [3.8, 4) is 11.6 Å². The van der Waals surface area contributed by atoms with E-state index in [0.717, 1.165) is 24.1 Å². The molecule has 0 spiro atoms. The Morgan fingerprint density at radius 1 is 1.03 bits per heavy atom. The number of carbonyl (C=O) groups is 2. The van der Waals surface area contributed by atoms with E-state index in [0.29, 0.717) is 34.5 Å². The molecule has 186 valence electrons. The normalized spacial score (nSPS) is 13.6. The van der Waals surface area contributed by atoms with Crippen LogP contribution in [-0.2, 0) is 10.3 Å². The van der Waals surface area contributed by atoms with Crippen LogP contribution in [0.1, 0.15) is 55.4 Å². The molecule has 0 atom stereocenters. The van der Waals surface area contributed by atoms with E-state index in [1.165, 1.54) is 0 Å². The molecular formula is C26H29N7O3. The van der Waals surface area contributed by atoms with Crippen LogP contribution >= 0.6 is 0 Å². The Labute approximate surface area is 208 Å². The maximum atomic E-state index is 13.1. The number of imidazole rings is 1. The summed E-state index contributed by atoms with van der Waals surface area (Å²) < 4.78 is 9.27. The van der Waals surface area contributed by atoms with E-state index in [1.54, 1.807) is 39.7 Å². The van der Waals surface area contributed by atoms with Gasteiger partial charge < -0.3 is 15.4 Å². The number of benzene rings is 1. The fourth-order valence-corrected chi connectivity index (χ4v) is 3.83. The standard InChI is InChI=1S/C26H29N7O3/c1-15-6-9-18(13-19(15)27-25(35)20-12-16(2)30-33(20)26(3,4)5)36-23-11-10-22-28-21(14-32(22)31-23)29-24(34)17-7-8-17/h6,9-14,17H,7-8H2,1-5H3,(H,27,35)(H,29,34). The van der Waals surface area contributed by atoms with Gasteiger partial charge in [0.1, 0.15) is 11.4 Å². The van der Waals surface area contributed by atoms with Gasteiger partial charge in [-0.2, -0.15) is 5.10 Å². The summed E-state index contributed by atoms with van der Waals surface area (Å²) in [6.45, 7) is 9.80. The topological polar surface area (TPSA) is 115 Å². The van der Waals surface area contributed by atoms with Gasteiger partial charge in [-0.3, -0.25) is 14.3 Å². The molecule has 0 saturated heterocycles. The number of hydrogen-bond acceptors (Lipinski definition) is 6.